The lowest BCUT2D eigenvalue weighted by atomic mass is 10.0. The topological polar surface area (TPSA) is 26.0 Å². The average molecular weight is 272 g/mol. The Labute approximate surface area is 120 Å². The van der Waals surface area contributed by atoms with Crippen LogP contribution in [0.25, 0.3) is 0 Å². The zero-order chi connectivity index (χ0) is 13.5. The van der Waals surface area contributed by atoms with Crippen molar-refractivity contribution in [2.75, 3.05) is 0 Å². The fourth-order valence-electron chi connectivity index (χ4n) is 2.32. The van der Waals surface area contributed by atoms with Crippen LogP contribution in [0.2, 0.25) is 0 Å². The molecule has 0 aromatic carbocycles. The molecule has 108 valence electrons. The van der Waals surface area contributed by atoms with Gasteiger partial charge in [-0.3, -0.25) is 0 Å². The summed E-state index contributed by atoms with van der Waals surface area (Å²) >= 11 is 4.86. The van der Waals surface area contributed by atoms with Crippen molar-refractivity contribution in [3.8, 4) is 0 Å². The van der Waals surface area contributed by atoms with Crippen LogP contribution in [-0.2, 0) is 0 Å². The molecule has 0 saturated heterocycles. The van der Waals surface area contributed by atoms with Crippen molar-refractivity contribution < 1.29 is 0 Å². The molecule has 0 saturated carbocycles. The van der Waals surface area contributed by atoms with Crippen molar-refractivity contribution in [1.29, 1.82) is 0 Å². The average Bonchev–Trinajstić information content (AvgIpc) is 2.34. The van der Waals surface area contributed by atoms with Gasteiger partial charge in [-0.15, -0.1) is 0 Å². The SMILES string of the molecule is CCCCCCCCCCCCCCCC(N)=S. The molecule has 0 spiro atoms. The first-order valence-electron chi connectivity index (χ1n) is 8.05. The molecule has 0 aromatic heterocycles. The molecule has 0 rings (SSSR count). The summed E-state index contributed by atoms with van der Waals surface area (Å²) in [7, 11) is 0. The summed E-state index contributed by atoms with van der Waals surface area (Å²) < 4.78 is 0. The van der Waals surface area contributed by atoms with E-state index in [4.69, 9.17) is 18.0 Å². The lowest BCUT2D eigenvalue weighted by Gasteiger charge is -2.02. The minimum atomic E-state index is 0.679. The Hall–Kier alpha value is -0.110. The second kappa shape index (κ2) is 14.9. The quantitative estimate of drug-likeness (QED) is 0.321. The van der Waals surface area contributed by atoms with Gasteiger partial charge in [0, 0.05) is 0 Å². The molecule has 0 fully saturated rings. The van der Waals surface area contributed by atoms with E-state index in [-0.39, 0.29) is 0 Å². The molecule has 1 nitrogen and oxygen atoms in total. The van der Waals surface area contributed by atoms with Gasteiger partial charge in [0.05, 0.1) is 4.99 Å². The fourth-order valence-corrected chi connectivity index (χ4v) is 2.46. The van der Waals surface area contributed by atoms with Gasteiger partial charge < -0.3 is 5.73 Å². The molecule has 0 unspecified atom stereocenters. The first kappa shape index (κ1) is 17.9. The molecule has 0 atom stereocenters. The molecule has 18 heavy (non-hydrogen) atoms. The smallest absolute Gasteiger partial charge is 0.0727 e. The highest BCUT2D eigenvalue weighted by atomic mass is 32.1. The summed E-state index contributed by atoms with van der Waals surface area (Å²) in [5, 5.41) is 0. The molecule has 0 aromatic rings. The van der Waals surface area contributed by atoms with Gasteiger partial charge in [-0.1, -0.05) is 96.2 Å². The van der Waals surface area contributed by atoms with Crippen molar-refractivity contribution in [2.45, 2.75) is 96.8 Å². The number of unbranched alkanes of at least 4 members (excludes halogenated alkanes) is 12. The third-order valence-electron chi connectivity index (χ3n) is 3.53. The number of nitrogens with two attached hydrogens (primary N) is 1. The molecule has 2 heteroatoms. The van der Waals surface area contributed by atoms with E-state index in [9.17, 15) is 0 Å². The highest BCUT2D eigenvalue weighted by molar-refractivity contribution is 7.80. The predicted molar refractivity (Wildman–Crippen MR) is 87.1 cm³/mol. The first-order chi connectivity index (χ1) is 8.77. The van der Waals surface area contributed by atoms with Gasteiger partial charge in [-0.2, -0.15) is 0 Å². The van der Waals surface area contributed by atoms with Gasteiger partial charge in [0.25, 0.3) is 0 Å². The molecular formula is C16H33NS. The second-order valence-electron chi connectivity index (χ2n) is 5.46. The third-order valence-corrected chi connectivity index (χ3v) is 3.73. The minimum Gasteiger partial charge on any atom is -0.393 e. The summed E-state index contributed by atoms with van der Waals surface area (Å²) in [5.41, 5.74) is 5.46. The van der Waals surface area contributed by atoms with Crippen LogP contribution in [0.4, 0.5) is 0 Å². The van der Waals surface area contributed by atoms with E-state index >= 15 is 0 Å². The summed E-state index contributed by atoms with van der Waals surface area (Å²) in [6.07, 6.45) is 19.1. The lowest BCUT2D eigenvalue weighted by Crippen LogP contribution is -2.06. The third kappa shape index (κ3) is 15.9. The van der Waals surface area contributed by atoms with E-state index in [1.165, 1.54) is 83.5 Å². The van der Waals surface area contributed by atoms with E-state index in [1.54, 1.807) is 0 Å². The molecule has 0 aliphatic carbocycles. The largest absolute Gasteiger partial charge is 0.393 e. The highest BCUT2D eigenvalue weighted by Gasteiger charge is 1.94. The van der Waals surface area contributed by atoms with Gasteiger partial charge in [0.2, 0.25) is 0 Å². The Kier molecular flexibility index (Phi) is 14.9. The first-order valence-corrected chi connectivity index (χ1v) is 8.46. The Morgan fingerprint density at radius 3 is 1.33 bits per heavy atom. The van der Waals surface area contributed by atoms with Gasteiger partial charge in [-0.25, -0.2) is 0 Å². The molecule has 2 N–H and O–H groups in total. The number of hydrogen-bond acceptors (Lipinski definition) is 1. The summed E-state index contributed by atoms with van der Waals surface area (Å²) in [6.45, 7) is 2.28. The van der Waals surface area contributed by atoms with Gasteiger partial charge in [0.15, 0.2) is 0 Å². The number of hydrogen-bond donors (Lipinski definition) is 1. The monoisotopic (exact) mass is 271 g/mol. The zero-order valence-electron chi connectivity index (χ0n) is 12.4. The second-order valence-corrected chi connectivity index (χ2v) is 5.98. The van der Waals surface area contributed by atoms with Crippen molar-refractivity contribution >= 4 is 17.2 Å². The van der Waals surface area contributed by atoms with Crippen LogP contribution < -0.4 is 5.73 Å². The van der Waals surface area contributed by atoms with Crippen molar-refractivity contribution in [2.24, 2.45) is 5.73 Å². The predicted octanol–water partition coefficient (Wildman–Crippen LogP) is 5.75. The van der Waals surface area contributed by atoms with E-state index in [0.717, 1.165) is 6.42 Å². The summed E-state index contributed by atoms with van der Waals surface area (Å²) in [5.74, 6) is 0. The zero-order valence-corrected chi connectivity index (χ0v) is 13.2. The molecule has 0 aliphatic heterocycles. The molecule has 0 radical (unpaired) electrons. The highest BCUT2D eigenvalue weighted by Crippen LogP contribution is 2.12. The molecule has 0 amide bonds. The van der Waals surface area contributed by atoms with Crippen LogP contribution >= 0.6 is 12.2 Å². The maximum absolute atomic E-state index is 5.46. The van der Waals surface area contributed by atoms with Crippen molar-refractivity contribution in [3.63, 3.8) is 0 Å². The van der Waals surface area contributed by atoms with Crippen LogP contribution in [-0.4, -0.2) is 4.99 Å². The van der Waals surface area contributed by atoms with E-state index in [2.05, 4.69) is 6.92 Å². The van der Waals surface area contributed by atoms with E-state index in [0.29, 0.717) is 4.99 Å². The van der Waals surface area contributed by atoms with Gasteiger partial charge in [0.1, 0.15) is 0 Å². The van der Waals surface area contributed by atoms with E-state index in [1.807, 2.05) is 0 Å². The maximum Gasteiger partial charge on any atom is 0.0727 e. The van der Waals surface area contributed by atoms with Crippen LogP contribution in [0.1, 0.15) is 96.8 Å². The maximum atomic E-state index is 5.46. The summed E-state index contributed by atoms with van der Waals surface area (Å²) in [4.78, 5) is 0.679. The van der Waals surface area contributed by atoms with Crippen LogP contribution in [0.15, 0.2) is 0 Å². The number of thiocarbonyl (C=S) groups is 1. The van der Waals surface area contributed by atoms with Crippen molar-refractivity contribution in [1.82, 2.24) is 0 Å². The Balaban J connectivity index is 2.92. The Morgan fingerprint density at radius 1 is 0.667 bits per heavy atom. The standard InChI is InChI=1S/C16H33NS/c1-2-3-4-5-6-7-8-9-10-11-12-13-14-15-16(17)18/h2-15H2,1H3,(H2,17,18). The van der Waals surface area contributed by atoms with Crippen LogP contribution in [0.3, 0.4) is 0 Å². The van der Waals surface area contributed by atoms with Crippen LogP contribution in [0, 0.1) is 0 Å². The molecule has 0 aliphatic rings. The summed E-state index contributed by atoms with van der Waals surface area (Å²) in [6, 6.07) is 0. The molecular weight excluding hydrogens is 238 g/mol. The van der Waals surface area contributed by atoms with E-state index < -0.39 is 0 Å². The Bertz CT molecular complexity index is 180. The molecule has 0 heterocycles. The van der Waals surface area contributed by atoms with Crippen LogP contribution in [0.5, 0.6) is 0 Å². The minimum absolute atomic E-state index is 0.679. The normalized spacial score (nSPS) is 10.7. The fraction of sp³-hybridized carbons (Fsp3) is 0.938. The lowest BCUT2D eigenvalue weighted by molar-refractivity contribution is 0.541. The number of rotatable bonds is 14. The molecule has 0 bridgehead atoms. The van der Waals surface area contributed by atoms with Crippen molar-refractivity contribution in [3.05, 3.63) is 0 Å². The van der Waals surface area contributed by atoms with Gasteiger partial charge in [-0.05, 0) is 12.8 Å². The Morgan fingerprint density at radius 2 is 1.00 bits per heavy atom. The van der Waals surface area contributed by atoms with Gasteiger partial charge >= 0.3 is 0 Å².